The quantitative estimate of drug-likeness (QED) is 0.270. The molecule has 10 nitrogen and oxygen atoms in total. The molecule has 0 bridgehead atoms. The van der Waals surface area contributed by atoms with Crippen LogP contribution < -0.4 is 10.6 Å². The summed E-state index contributed by atoms with van der Waals surface area (Å²) in [6, 6.07) is 0.199. The molecule has 0 spiro atoms. The van der Waals surface area contributed by atoms with Gasteiger partial charge in [-0.25, -0.2) is 9.79 Å². The van der Waals surface area contributed by atoms with Gasteiger partial charge in [0.25, 0.3) is 0 Å². The van der Waals surface area contributed by atoms with Gasteiger partial charge in [0, 0.05) is 59.4 Å². The lowest BCUT2D eigenvalue weighted by Gasteiger charge is -2.32. The van der Waals surface area contributed by atoms with Crippen LogP contribution in [0.3, 0.4) is 0 Å². The van der Waals surface area contributed by atoms with Gasteiger partial charge in [0.1, 0.15) is 6.54 Å². The number of nitrogens with one attached hydrogen (secondary N) is 2. The summed E-state index contributed by atoms with van der Waals surface area (Å²) >= 11 is 0. The fourth-order valence-corrected chi connectivity index (χ4v) is 3.21. The minimum atomic E-state index is -0.250. The minimum absolute atomic E-state index is 0. The number of carbonyl (C=O) groups is 2. The third-order valence-corrected chi connectivity index (χ3v) is 5.06. The Morgan fingerprint density at radius 1 is 1.17 bits per heavy atom. The fourth-order valence-electron chi connectivity index (χ4n) is 3.21. The normalized spacial score (nSPS) is 18.4. The van der Waals surface area contributed by atoms with Gasteiger partial charge in [0.15, 0.2) is 5.96 Å². The summed E-state index contributed by atoms with van der Waals surface area (Å²) in [5.74, 6) is 0.597. The van der Waals surface area contributed by atoms with Crippen LogP contribution in [-0.2, 0) is 14.3 Å². The summed E-state index contributed by atoms with van der Waals surface area (Å²) in [4.78, 5) is 33.8. The Kier molecular flexibility index (Phi) is 13.0. The van der Waals surface area contributed by atoms with Crippen LogP contribution in [0.25, 0.3) is 0 Å². The van der Waals surface area contributed by atoms with Gasteiger partial charge in [-0.15, -0.1) is 24.0 Å². The lowest BCUT2D eigenvalue weighted by atomic mass is 10.1. The second-order valence-corrected chi connectivity index (χ2v) is 7.44. The van der Waals surface area contributed by atoms with Crippen molar-refractivity contribution in [2.75, 3.05) is 79.7 Å². The van der Waals surface area contributed by atoms with Crippen LogP contribution in [0, 0.1) is 0 Å². The summed E-state index contributed by atoms with van der Waals surface area (Å²) in [6.45, 7) is 8.65. The molecule has 2 N–H and O–H groups in total. The molecule has 0 aromatic carbocycles. The molecule has 30 heavy (non-hydrogen) atoms. The highest BCUT2D eigenvalue weighted by atomic mass is 127. The SMILES string of the molecule is CCOC(=O)N1CCC(NC(=NCC(=O)N(C)C)NCCN2CCOCC2)CC1.I. The second kappa shape index (κ2) is 14.6. The maximum absolute atomic E-state index is 11.9. The predicted molar refractivity (Wildman–Crippen MR) is 126 cm³/mol. The number of likely N-dealkylation sites (tertiary alicyclic amines) is 1. The highest BCUT2D eigenvalue weighted by Gasteiger charge is 2.24. The zero-order valence-electron chi connectivity index (χ0n) is 18.4. The molecule has 0 aliphatic carbocycles. The first kappa shape index (κ1) is 26.7. The largest absolute Gasteiger partial charge is 0.450 e. The summed E-state index contributed by atoms with van der Waals surface area (Å²) in [5.41, 5.74) is 0. The number of likely N-dealkylation sites (N-methyl/N-ethyl adjacent to an activating group) is 1. The Hall–Kier alpha value is -1.34. The highest BCUT2D eigenvalue weighted by molar-refractivity contribution is 14.0. The van der Waals surface area contributed by atoms with Crippen LogP contribution in [0.2, 0.25) is 0 Å². The highest BCUT2D eigenvalue weighted by Crippen LogP contribution is 2.11. The molecule has 0 atom stereocenters. The van der Waals surface area contributed by atoms with Gasteiger partial charge in [0.2, 0.25) is 5.91 Å². The van der Waals surface area contributed by atoms with Gasteiger partial charge in [0.05, 0.1) is 19.8 Å². The average molecular weight is 540 g/mol. The van der Waals surface area contributed by atoms with E-state index in [0.29, 0.717) is 25.7 Å². The molecule has 2 saturated heterocycles. The van der Waals surface area contributed by atoms with E-state index >= 15 is 0 Å². The van der Waals surface area contributed by atoms with Crippen molar-refractivity contribution >= 4 is 41.9 Å². The zero-order chi connectivity index (χ0) is 21.1. The molecule has 2 heterocycles. The third-order valence-electron chi connectivity index (χ3n) is 5.06. The summed E-state index contributed by atoms with van der Waals surface area (Å²) < 4.78 is 10.4. The monoisotopic (exact) mass is 540 g/mol. The van der Waals surface area contributed by atoms with Gasteiger partial charge in [-0.1, -0.05) is 0 Å². The maximum Gasteiger partial charge on any atom is 0.409 e. The van der Waals surface area contributed by atoms with Gasteiger partial charge in [-0.2, -0.15) is 0 Å². The summed E-state index contributed by atoms with van der Waals surface area (Å²) in [7, 11) is 3.45. The van der Waals surface area contributed by atoms with E-state index < -0.39 is 0 Å². The average Bonchev–Trinajstić information content (AvgIpc) is 2.73. The Morgan fingerprint density at radius 3 is 2.43 bits per heavy atom. The van der Waals surface area contributed by atoms with Crippen molar-refractivity contribution < 1.29 is 19.1 Å². The maximum atomic E-state index is 11.9. The summed E-state index contributed by atoms with van der Waals surface area (Å²) in [5, 5.41) is 6.77. The first-order valence-electron chi connectivity index (χ1n) is 10.5. The Bertz CT molecular complexity index is 549. The molecule has 2 fully saturated rings. The van der Waals surface area contributed by atoms with E-state index in [1.165, 1.54) is 4.90 Å². The molecule has 0 unspecified atom stereocenters. The van der Waals surface area contributed by atoms with Gasteiger partial charge in [-0.3, -0.25) is 9.69 Å². The van der Waals surface area contributed by atoms with Crippen molar-refractivity contribution in [3.8, 4) is 0 Å². The van der Waals surface area contributed by atoms with Crippen LogP contribution in [-0.4, -0.2) is 118 Å². The number of ether oxygens (including phenoxy) is 2. The van der Waals surface area contributed by atoms with Crippen molar-refractivity contribution in [3.05, 3.63) is 0 Å². The van der Waals surface area contributed by atoms with Crippen molar-refractivity contribution in [3.63, 3.8) is 0 Å². The van der Waals surface area contributed by atoms with Crippen LogP contribution in [0.5, 0.6) is 0 Å². The molecule has 0 aromatic heterocycles. The van der Waals surface area contributed by atoms with Gasteiger partial charge >= 0.3 is 6.09 Å². The number of nitrogens with zero attached hydrogens (tertiary/aromatic N) is 4. The lowest BCUT2D eigenvalue weighted by molar-refractivity contribution is -0.127. The Labute approximate surface area is 196 Å². The van der Waals surface area contributed by atoms with E-state index in [2.05, 4.69) is 20.5 Å². The molecule has 174 valence electrons. The molecule has 0 saturated carbocycles. The molecular formula is C19H37IN6O4. The molecule has 0 radical (unpaired) electrons. The van der Waals surface area contributed by atoms with Gasteiger partial charge in [-0.05, 0) is 19.8 Å². The second-order valence-electron chi connectivity index (χ2n) is 7.44. The van der Waals surface area contributed by atoms with E-state index in [1.54, 1.807) is 19.0 Å². The molecule has 2 rings (SSSR count). The van der Waals surface area contributed by atoms with E-state index in [4.69, 9.17) is 9.47 Å². The lowest BCUT2D eigenvalue weighted by Crippen LogP contribution is -2.51. The zero-order valence-corrected chi connectivity index (χ0v) is 20.7. The molecular weight excluding hydrogens is 503 g/mol. The number of piperidine rings is 1. The summed E-state index contributed by atoms with van der Waals surface area (Å²) in [6.07, 6.45) is 1.37. The molecule has 2 aliphatic rings. The van der Waals surface area contributed by atoms with Gasteiger partial charge < -0.3 is 29.9 Å². The fraction of sp³-hybridized carbons (Fsp3) is 0.842. The number of amides is 2. The number of hydrogen-bond donors (Lipinski definition) is 2. The molecule has 2 aliphatic heterocycles. The smallest absolute Gasteiger partial charge is 0.409 e. The van der Waals surface area contributed by atoms with Crippen LogP contribution >= 0.6 is 24.0 Å². The van der Waals surface area contributed by atoms with Crippen molar-refractivity contribution in [1.29, 1.82) is 0 Å². The molecule has 0 aromatic rings. The van der Waals surface area contributed by atoms with Crippen LogP contribution in [0.15, 0.2) is 4.99 Å². The molecule has 11 heteroatoms. The van der Waals surface area contributed by atoms with E-state index in [-0.39, 0.29) is 48.6 Å². The molecule has 2 amide bonds. The van der Waals surface area contributed by atoms with E-state index in [1.807, 2.05) is 6.92 Å². The van der Waals surface area contributed by atoms with Crippen LogP contribution in [0.1, 0.15) is 19.8 Å². The topological polar surface area (TPSA) is 98.7 Å². The Morgan fingerprint density at radius 2 is 1.83 bits per heavy atom. The number of aliphatic imine (C=N–C) groups is 1. The number of guanidine groups is 1. The predicted octanol–water partition coefficient (Wildman–Crippen LogP) is 0.181. The van der Waals surface area contributed by atoms with Crippen molar-refractivity contribution in [2.45, 2.75) is 25.8 Å². The van der Waals surface area contributed by atoms with Crippen molar-refractivity contribution in [2.24, 2.45) is 4.99 Å². The number of halogens is 1. The number of hydrogen-bond acceptors (Lipinski definition) is 6. The first-order chi connectivity index (χ1) is 14.0. The standard InChI is InChI=1S/C19H36N6O4.HI/c1-4-29-19(27)25-8-5-16(6-9-25)22-18(21-15-17(26)23(2)3)20-7-10-24-11-13-28-14-12-24;/h16H,4-15H2,1-3H3,(H2,20,21,22);1H. The van der Waals surface area contributed by atoms with E-state index in [9.17, 15) is 9.59 Å². The third kappa shape index (κ3) is 9.65. The number of carbonyl (C=O) groups excluding carboxylic acids is 2. The number of rotatable bonds is 7. The minimum Gasteiger partial charge on any atom is -0.450 e. The Balaban J connectivity index is 0.00000450. The van der Waals surface area contributed by atoms with Crippen LogP contribution in [0.4, 0.5) is 4.79 Å². The van der Waals surface area contributed by atoms with E-state index in [0.717, 1.165) is 52.2 Å². The number of morpholine rings is 1. The van der Waals surface area contributed by atoms with Crippen molar-refractivity contribution in [1.82, 2.24) is 25.3 Å². The first-order valence-corrected chi connectivity index (χ1v) is 10.5.